The number of hydrogen-bond donors (Lipinski definition) is 1. The molecule has 1 atom stereocenters. The number of amides is 1. The molecule has 0 radical (unpaired) electrons. The fourth-order valence-corrected chi connectivity index (χ4v) is 3.17. The lowest BCUT2D eigenvalue weighted by Gasteiger charge is -2.28. The number of carbonyl (C=O) groups is 2. The number of benzene rings is 2. The van der Waals surface area contributed by atoms with Gasteiger partial charge in [0.25, 0.3) is 5.91 Å². The molecule has 0 spiro atoms. The number of carbonyl (C=O) groups excluding carboxylic acids is 2. The van der Waals surface area contributed by atoms with Crippen molar-refractivity contribution in [1.82, 2.24) is 0 Å². The molecule has 1 N–H and O–H groups in total. The number of hydrogen-bond acceptors (Lipinski definition) is 3. The molecule has 2 aromatic rings. The number of ketones is 1. The normalized spacial score (nSPS) is 17.2. The second kappa shape index (κ2) is 6.71. The molecule has 0 saturated carbocycles. The van der Waals surface area contributed by atoms with Crippen LogP contribution in [0, 0.1) is 18.6 Å². The average molecular weight is 357 g/mol. The first-order valence-electron chi connectivity index (χ1n) is 8.17. The monoisotopic (exact) mass is 357 g/mol. The largest absolute Gasteiger partial charge is 0.503 e. The lowest BCUT2D eigenvalue weighted by molar-refractivity contribution is -0.118. The molecule has 0 aromatic heterocycles. The van der Waals surface area contributed by atoms with Crippen LogP contribution in [0.5, 0.6) is 0 Å². The minimum Gasteiger partial charge on any atom is -0.503 e. The van der Waals surface area contributed by atoms with E-state index in [1.54, 1.807) is 19.1 Å². The Bertz CT molecular complexity index is 936. The van der Waals surface area contributed by atoms with Gasteiger partial charge >= 0.3 is 0 Å². The van der Waals surface area contributed by atoms with Gasteiger partial charge in [0.05, 0.1) is 11.6 Å². The van der Waals surface area contributed by atoms with Crippen molar-refractivity contribution in [2.45, 2.75) is 26.3 Å². The summed E-state index contributed by atoms with van der Waals surface area (Å²) in [5, 5.41) is 10.3. The fourth-order valence-electron chi connectivity index (χ4n) is 3.17. The van der Waals surface area contributed by atoms with Gasteiger partial charge in [-0.3, -0.25) is 14.5 Å². The molecule has 0 fully saturated rings. The second-order valence-electron chi connectivity index (χ2n) is 6.07. The number of Topliss-reactive ketones (excluding diaryl/α,β-unsaturated/α-hetero) is 1. The minimum absolute atomic E-state index is 0.0310. The van der Waals surface area contributed by atoms with Gasteiger partial charge in [-0.05, 0) is 30.2 Å². The third kappa shape index (κ3) is 2.77. The summed E-state index contributed by atoms with van der Waals surface area (Å²) in [7, 11) is 0. The summed E-state index contributed by atoms with van der Waals surface area (Å²) in [5.74, 6) is -4.02. The first-order valence-corrected chi connectivity index (χ1v) is 8.17. The number of aliphatic hydroxyl groups is 1. The van der Waals surface area contributed by atoms with Crippen LogP contribution in [0.3, 0.4) is 0 Å². The Morgan fingerprint density at radius 3 is 2.46 bits per heavy atom. The van der Waals surface area contributed by atoms with Gasteiger partial charge < -0.3 is 5.11 Å². The molecular weight excluding hydrogens is 340 g/mol. The fraction of sp³-hybridized carbons (Fsp3) is 0.200. The molecule has 0 saturated heterocycles. The first kappa shape index (κ1) is 17.8. The summed E-state index contributed by atoms with van der Waals surface area (Å²) >= 11 is 0. The number of anilines is 1. The van der Waals surface area contributed by atoms with Gasteiger partial charge in [-0.1, -0.05) is 31.2 Å². The summed E-state index contributed by atoms with van der Waals surface area (Å²) in [5.41, 5.74) is 1.46. The van der Waals surface area contributed by atoms with E-state index in [1.807, 2.05) is 19.1 Å². The molecule has 134 valence electrons. The topological polar surface area (TPSA) is 57.6 Å². The molecule has 2 aromatic carbocycles. The summed E-state index contributed by atoms with van der Waals surface area (Å²) < 4.78 is 27.0. The average Bonchev–Trinajstić information content (AvgIpc) is 2.88. The predicted molar refractivity (Wildman–Crippen MR) is 92.7 cm³/mol. The molecular formula is C20H17F2NO3. The van der Waals surface area contributed by atoms with Crippen LogP contribution in [0.1, 0.15) is 30.5 Å². The highest BCUT2D eigenvalue weighted by Gasteiger charge is 2.44. The van der Waals surface area contributed by atoms with Crippen LogP contribution in [0.2, 0.25) is 0 Å². The lowest BCUT2D eigenvalue weighted by atomic mass is 9.92. The standard InChI is InChI=1S/C20H17F2NO3/c1-3-16(24)17-18(13-7-5-4-6-11(13)2)23(20(26)19(17)25)12-8-9-14(21)15(22)10-12/h4-10,18,25H,3H2,1-2H3. The molecule has 3 rings (SSSR count). The zero-order valence-corrected chi connectivity index (χ0v) is 14.3. The van der Waals surface area contributed by atoms with Crippen molar-refractivity contribution in [3.05, 3.63) is 76.6 Å². The zero-order chi connectivity index (χ0) is 19.0. The van der Waals surface area contributed by atoms with Gasteiger partial charge in [-0.2, -0.15) is 0 Å². The van der Waals surface area contributed by atoms with Crippen LogP contribution >= 0.6 is 0 Å². The SMILES string of the molecule is CCC(=O)C1=C(O)C(=O)N(c2ccc(F)c(F)c2)C1c1ccccc1C. The van der Waals surface area contributed by atoms with Crippen molar-refractivity contribution in [1.29, 1.82) is 0 Å². The molecule has 1 unspecified atom stereocenters. The Kier molecular flexibility index (Phi) is 4.59. The highest BCUT2D eigenvalue weighted by molar-refractivity contribution is 6.16. The van der Waals surface area contributed by atoms with Crippen molar-refractivity contribution in [2.75, 3.05) is 4.90 Å². The summed E-state index contributed by atoms with van der Waals surface area (Å²) in [6.45, 7) is 3.44. The van der Waals surface area contributed by atoms with E-state index in [9.17, 15) is 23.5 Å². The highest BCUT2D eigenvalue weighted by Crippen LogP contribution is 2.42. The van der Waals surface area contributed by atoms with Crippen LogP contribution < -0.4 is 4.90 Å². The minimum atomic E-state index is -1.12. The van der Waals surface area contributed by atoms with E-state index in [1.165, 1.54) is 6.07 Å². The van der Waals surface area contributed by atoms with Crippen LogP contribution in [0.4, 0.5) is 14.5 Å². The van der Waals surface area contributed by atoms with Gasteiger partial charge in [0.1, 0.15) is 0 Å². The molecule has 0 aliphatic carbocycles. The van der Waals surface area contributed by atoms with Crippen molar-refractivity contribution >= 4 is 17.4 Å². The van der Waals surface area contributed by atoms with Gasteiger partial charge in [-0.15, -0.1) is 0 Å². The predicted octanol–water partition coefficient (Wildman–Crippen LogP) is 4.15. The Morgan fingerprint density at radius 2 is 1.85 bits per heavy atom. The van der Waals surface area contributed by atoms with Crippen LogP contribution in [-0.4, -0.2) is 16.8 Å². The van der Waals surface area contributed by atoms with Crippen molar-refractivity contribution in [3.8, 4) is 0 Å². The van der Waals surface area contributed by atoms with Crippen LogP contribution in [0.15, 0.2) is 53.8 Å². The Hall–Kier alpha value is -3.02. The quantitative estimate of drug-likeness (QED) is 0.894. The van der Waals surface area contributed by atoms with Crippen molar-refractivity contribution in [2.24, 2.45) is 0 Å². The van der Waals surface area contributed by atoms with E-state index in [2.05, 4.69) is 0 Å². The molecule has 0 bridgehead atoms. The smallest absolute Gasteiger partial charge is 0.294 e. The number of nitrogens with zero attached hydrogens (tertiary/aromatic N) is 1. The van der Waals surface area contributed by atoms with E-state index >= 15 is 0 Å². The maximum absolute atomic E-state index is 13.7. The molecule has 26 heavy (non-hydrogen) atoms. The summed E-state index contributed by atoms with van der Waals surface area (Å²) in [6.07, 6.45) is 0.0979. The van der Waals surface area contributed by atoms with E-state index in [0.29, 0.717) is 5.56 Å². The second-order valence-corrected chi connectivity index (χ2v) is 6.07. The molecule has 1 heterocycles. The molecule has 1 aliphatic rings. The van der Waals surface area contributed by atoms with Crippen LogP contribution in [0.25, 0.3) is 0 Å². The molecule has 4 nitrogen and oxygen atoms in total. The van der Waals surface area contributed by atoms with E-state index < -0.39 is 29.3 Å². The van der Waals surface area contributed by atoms with E-state index in [0.717, 1.165) is 22.6 Å². The third-order valence-electron chi connectivity index (χ3n) is 4.49. The Balaban J connectivity index is 2.23. The molecule has 1 amide bonds. The Morgan fingerprint density at radius 1 is 1.15 bits per heavy atom. The number of aryl methyl sites for hydroxylation is 1. The van der Waals surface area contributed by atoms with E-state index in [4.69, 9.17) is 0 Å². The third-order valence-corrected chi connectivity index (χ3v) is 4.49. The van der Waals surface area contributed by atoms with E-state index in [-0.39, 0.29) is 23.5 Å². The van der Waals surface area contributed by atoms with Crippen LogP contribution in [-0.2, 0) is 9.59 Å². The summed E-state index contributed by atoms with van der Waals surface area (Å²) in [6, 6.07) is 9.24. The van der Waals surface area contributed by atoms with Gasteiger partial charge in [0.2, 0.25) is 0 Å². The van der Waals surface area contributed by atoms with Gasteiger partial charge in [0.15, 0.2) is 23.2 Å². The molecule has 1 aliphatic heterocycles. The number of rotatable bonds is 4. The lowest BCUT2D eigenvalue weighted by Crippen LogP contribution is -2.31. The zero-order valence-electron chi connectivity index (χ0n) is 14.3. The van der Waals surface area contributed by atoms with Gasteiger partial charge in [0, 0.05) is 18.2 Å². The summed E-state index contributed by atoms with van der Waals surface area (Å²) in [4.78, 5) is 26.2. The first-order chi connectivity index (χ1) is 12.4. The maximum Gasteiger partial charge on any atom is 0.294 e. The number of aliphatic hydroxyl groups excluding tert-OH is 1. The number of halogens is 2. The van der Waals surface area contributed by atoms with Crippen molar-refractivity contribution < 1.29 is 23.5 Å². The van der Waals surface area contributed by atoms with Gasteiger partial charge in [-0.25, -0.2) is 8.78 Å². The molecule has 6 heteroatoms. The maximum atomic E-state index is 13.7. The Labute approximate surface area is 149 Å². The highest BCUT2D eigenvalue weighted by atomic mass is 19.2. The van der Waals surface area contributed by atoms with Crippen molar-refractivity contribution in [3.63, 3.8) is 0 Å².